The maximum atomic E-state index is 11.5. The molecule has 0 saturated heterocycles. The lowest BCUT2D eigenvalue weighted by Gasteiger charge is -2.14. The molecule has 0 aliphatic rings. The van der Waals surface area contributed by atoms with E-state index >= 15 is 0 Å². The molecule has 1 amide bonds. The molecule has 94 valence electrons. The van der Waals surface area contributed by atoms with Crippen molar-refractivity contribution in [3.63, 3.8) is 0 Å². The van der Waals surface area contributed by atoms with Crippen molar-refractivity contribution < 1.29 is 9.53 Å². The van der Waals surface area contributed by atoms with Crippen LogP contribution in [-0.2, 0) is 11.3 Å². The van der Waals surface area contributed by atoms with Gasteiger partial charge in [0.15, 0.2) is 0 Å². The van der Waals surface area contributed by atoms with E-state index in [1.807, 2.05) is 32.9 Å². The minimum atomic E-state index is 0.0228. The summed E-state index contributed by atoms with van der Waals surface area (Å²) >= 11 is 0. The smallest absolute Gasteiger partial charge is 0.222 e. The topological polar surface area (TPSA) is 38.3 Å². The molecule has 1 rings (SSSR count). The fraction of sp³-hybridized carbons (Fsp3) is 0.500. The first kappa shape index (κ1) is 13.6. The minimum Gasteiger partial charge on any atom is -0.496 e. The van der Waals surface area contributed by atoms with Crippen LogP contribution in [0.2, 0.25) is 0 Å². The van der Waals surface area contributed by atoms with Crippen LogP contribution in [0.15, 0.2) is 12.1 Å². The maximum Gasteiger partial charge on any atom is 0.222 e. The monoisotopic (exact) mass is 235 g/mol. The molecule has 0 unspecified atom stereocenters. The molecule has 1 aromatic carbocycles. The average molecular weight is 235 g/mol. The van der Waals surface area contributed by atoms with Gasteiger partial charge in [0.1, 0.15) is 5.75 Å². The van der Waals surface area contributed by atoms with Gasteiger partial charge < -0.3 is 10.1 Å². The van der Waals surface area contributed by atoms with Gasteiger partial charge in [0.05, 0.1) is 7.11 Å². The Morgan fingerprint density at radius 2 is 1.94 bits per heavy atom. The molecule has 0 aromatic heterocycles. The van der Waals surface area contributed by atoms with E-state index in [4.69, 9.17) is 4.74 Å². The van der Waals surface area contributed by atoms with Gasteiger partial charge in [-0.1, -0.05) is 19.9 Å². The molecule has 0 bridgehead atoms. The largest absolute Gasteiger partial charge is 0.496 e. The molecular weight excluding hydrogens is 214 g/mol. The van der Waals surface area contributed by atoms with Gasteiger partial charge in [0, 0.05) is 12.5 Å². The molecule has 0 heterocycles. The molecule has 1 N–H and O–H groups in total. The predicted octanol–water partition coefficient (Wildman–Crippen LogP) is 2.58. The summed E-state index contributed by atoms with van der Waals surface area (Å²) in [4.78, 5) is 11.5. The summed E-state index contributed by atoms with van der Waals surface area (Å²) in [5.41, 5.74) is 3.44. The van der Waals surface area contributed by atoms with Gasteiger partial charge in [-0.3, -0.25) is 4.79 Å². The van der Waals surface area contributed by atoms with Gasteiger partial charge in [-0.2, -0.15) is 0 Å². The Hall–Kier alpha value is -1.51. The Balaban J connectivity index is 2.80. The second-order valence-corrected chi connectivity index (χ2v) is 4.55. The number of carbonyl (C=O) groups is 1. The third-order valence-electron chi connectivity index (χ3n) is 3.05. The van der Waals surface area contributed by atoms with Gasteiger partial charge in [0.25, 0.3) is 0 Å². The summed E-state index contributed by atoms with van der Waals surface area (Å²) in [6, 6.07) is 3.95. The number of hydrogen-bond donors (Lipinski definition) is 1. The molecule has 0 spiro atoms. The Morgan fingerprint density at radius 3 is 2.47 bits per heavy atom. The quantitative estimate of drug-likeness (QED) is 0.871. The lowest BCUT2D eigenvalue weighted by Crippen LogP contribution is -2.27. The average Bonchev–Trinajstić information content (AvgIpc) is 2.30. The molecule has 17 heavy (non-hydrogen) atoms. The number of ether oxygens (including phenoxy) is 1. The van der Waals surface area contributed by atoms with E-state index in [-0.39, 0.29) is 11.8 Å². The standard InChI is InChI=1S/C14H21NO2/c1-9(2)14(16)15-8-12-6-7-13(17-5)11(4)10(12)3/h6-7,9H,8H2,1-5H3,(H,15,16). The summed E-state index contributed by atoms with van der Waals surface area (Å²) in [5.74, 6) is 0.994. The number of benzene rings is 1. The van der Waals surface area contributed by atoms with Crippen molar-refractivity contribution in [1.82, 2.24) is 5.32 Å². The Bertz CT molecular complexity index is 411. The number of rotatable bonds is 4. The highest BCUT2D eigenvalue weighted by molar-refractivity contribution is 5.77. The van der Waals surface area contributed by atoms with Gasteiger partial charge in [0.2, 0.25) is 5.91 Å². The third-order valence-corrected chi connectivity index (χ3v) is 3.05. The Morgan fingerprint density at radius 1 is 1.29 bits per heavy atom. The lowest BCUT2D eigenvalue weighted by atomic mass is 10.0. The van der Waals surface area contributed by atoms with Crippen LogP contribution in [0.5, 0.6) is 5.75 Å². The number of nitrogens with one attached hydrogen (secondary N) is 1. The van der Waals surface area contributed by atoms with Crippen molar-refractivity contribution in [3.8, 4) is 5.75 Å². The highest BCUT2D eigenvalue weighted by Crippen LogP contribution is 2.23. The van der Waals surface area contributed by atoms with E-state index in [0.29, 0.717) is 6.54 Å². The minimum absolute atomic E-state index is 0.0228. The van der Waals surface area contributed by atoms with Crippen LogP contribution in [-0.4, -0.2) is 13.0 Å². The molecule has 1 aromatic rings. The second kappa shape index (κ2) is 5.71. The van der Waals surface area contributed by atoms with Crippen LogP contribution in [0, 0.1) is 19.8 Å². The van der Waals surface area contributed by atoms with Crippen molar-refractivity contribution in [2.24, 2.45) is 5.92 Å². The number of hydrogen-bond acceptors (Lipinski definition) is 2. The van der Waals surface area contributed by atoms with E-state index in [0.717, 1.165) is 16.9 Å². The Labute approximate surface area is 103 Å². The van der Waals surface area contributed by atoms with Gasteiger partial charge in [-0.15, -0.1) is 0 Å². The highest BCUT2D eigenvalue weighted by Gasteiger charge is 2.09. The van der Waals surface area contributed by atoms with Crippen LogP contribution >= 0.6 is 0 Å². The van der Waals surface area contributed by atoms with E-state index in [9.17, 15) is 4.79 Å². The normalized spacial score (nSPS) is 10.5. The van der Waals surface area contributed by atoms with Gasteiger partial charge in [-0.05, 0) is 36.6 Å². The first-order valence-electron chi connectivity index (χ1n) is 5.88. The summed E-state index contributed by atoms with van der Waals surface area (Å²) in [5, 5.41) is 2.92. The van der Waals surface area contributed by atoms with E-state index in [1.165, 1.54) is 5.56 Å². The van der Waals surface area contributed by atoms with E-state index < -0.39 is 0 Å². The molecule has 0 fully saturated rings. The van der Waals surface area contributed by atoms with Crippen molar-refractivity contribution in [2.75, 3.05) is 7.11 Å². The van der Waals surface area contributed by atoms with Crippen LogP contribution in [0.1, 0.15) is 30.5 Å². The molecule has 0 aliphatic carbocycles. The summed E-state index contributed by atoms with van der Waals surface area (Å²) in [6.45, 7) is 8.44. The zero-order valence-corrected chi connectivity index (χ0v) is 11.3. The third kappa shape index (κ3) is 3.22. The van der Waals surface area contributed by atoms with Gasteiger partial charge in [-0.25, -0.2) is 0 Å². The second-order valence-electron chi connectivity index (χ2n) is 4.55. The van der Waals surface area contributed by atoms with Crippen LogP contribution < -0.4 is 10.1 Å². The number of amides is 1. The van der Waals surface area contributed by atoms with E-state index in [1.54, 1.807) is 7.11 Å². The highest BCUT2D eigenvalue weighted by atomic mass is 16.5. The van der Waals surface area contributed by atoms with Gasteiger partial charge >= 0.3 is 0 Å². The van der Waals surface area contributed by atoms with Crippen LogP contribution in [0.25, 0.3) is 0 Å². The molecule has 0 atom stereocenters. The zero-order valence-electron chi connectivity index (χ0n) is 11.3. The summed E-state index contributed by atoms with van der Waals surface area (Å²) in [7, 11) is 1.67. The molecule has 3 heteroatoms. The van der Waals surface area contributed by atoms with E-state index in [2.05, 4.69) is 12.2 Å². The SMILES string of the molecule is COc1ccc(CNC(=O)C(C)C)c(C)c1C. The first-order chi connectivity index (χ1) is 7.97. The molecule has 0 aliphatic heterocycles. The van der Waals surface area contributed by atoms with Crippen LogP contribution in [0.3, 0.4) is 0 Å². The summed E-state index contributed by atoms with van der Waals surface area (Å²) < 4.78 is 5.26. The first-order valence-corrected chi connectivity index (χ1v) is 5.88. The molecule has 0 saturated carbocycles. The van der Waals surface area contributed by atoms with Crippen molar-refractivity contribution in [3.05, 3.63) is 28.8 Å². The molecule has 0 radical (unpaired) electrons. The molecular formula is C14H21NO2. The fourth-order valence-corrected chi connectivity index (χ4v) is 1.65. The zero-order chi connectivity index (χ0) is 13.0. The number of methoxy groups -OCH3 is 1. The number of carbonyl (C=O) groups excluding carboxylic acids is 1. The summed E-state index contributed by atoms with van der Waals surface area (Å²) in [6.07, 6.45) is 0. The lowest BCUT2D eigenvalue weighted by molar-refractivity contribution is -0.124. The Kier molecular flexibility index (Phi) is 4.55. The van der Waals surface area contributed by atoms with Crippen LogP contribution in [0.4, 0.5) is 0 Å². The van der Waals surface area contributed by atoms with Crippen molar-refractivity contribution in [1.29, 1.82) is 0 Å². The van der Waals surface area contributed by atoms with Crippen molar-refractivity contribution >= 4 is 5.91 Å². The maximum absolute atomic E-state index is 11.5. The fourth-order valence-electron chi connectivity index (χ4n) is 1.65. The molecule has 3 nitrogen and oxygen atoms in total. The van der Waals surface area contributed by atoms with Crippen molar-refractivity contribution in [2.45, 2.75) is 34.2 Å². The predicted molar refractivity (Wildman–Crippen MR) is 69.2 cm³/mol.